The molecule has 0 saturated carbocycles. The van der Waals surface area contributed by atoms with Gasteiger partial charge in [-0.3, -0.25) is 4.98 Å². The van der Waals surface area contributed by atoms with E-state index < -0.39 is 0 Å². The van der Waals surface area contributed by atoms with Gasteiger partial charge >= 0.3 is 0 Å². The molecular formula is C14H10N4. The number of benzene rings is 1. The highest BCUT2D eigenvalue weighted by atomic mass is 15.0. The van der Waals surface area contributed by atoms with Gasteiger partial charge < -0.3 is 10.3 Å². The number of hydrogen-bond donors (Lipinski definition) is 1. The molecule has 0 aliphatic heterocycles. The van der Waals surface area contributed by atoms with Crippen LogP contribution in [0.5, 0.6) is 0 Å². The summed E-state index contributed by atoms with van der Waals surface area (Å²) in [4.78, 5) is 4.25. The van der Waals surface area contributed by atoms with E-state index in [2.05, 4.69) is 11.1 Å². The number of nitrogen functional groups attached to an aromatic ring is 1. The third kappa shape index (κ3) is 1.42. The van der Waals surface area contributed by atoms with Crippen molar-refractivity contribution < 1.29 is 0 Å². The number of pyridine rings is 1. The summed E-state index contributed by atoms with van der Waals surface area (Å²) < 4.78 is 1.78. The van der Waals surface area contributed by atoms with Crippen LogP contribution in [0.1, 0.15) is 5.69 Å². The molecule has 0 bridgehead atoms. The number of nitriles is 1. The third-order valence-corrected chi connectivity index (χ3v) is 2.93. The fourth-order valence-corrected chi connectivity index (χ4v) is 2.06. The molecule has 18 heavy (non-hydrogen) atoms. The summed E-state index contributed by atoms with van der Waals surface area (Å²) in [5.41, 5.74) is 9.01. The molecule has 0 spiro atoms. The minimum Gasteiger partial charge on any atom is -0.396 e. The Morgan fingerprint density at radius 2 is 2.06 bits per heavy atom. The second kappa shape index (κ2) is 3.90. The minimum atomic E-state index is 0.560. The molecule has 0 fully saturated rings. The molecule has 0 unspecified atom stereocenters. The van der Waals surface area contributed by atoms with Crippen molar-refractivity contribution in [3.8, 4) is 11.8 Å². The van der Waals surface area contributed by atoms with Crippen LogP contribution in [-0.2, 0) is 0 Å². The van der Waals surface area contributed by atoms with Crippen molar-refractivity contribution in [1.82, 2.24) is 9.55 Å². The Kier molecular flexibility index (Phi) is 2.24. The summed E-state index contributed by atoms with van der Waals surface area (Å²) >= 11 is 0. The number of hydrogen-bond acceptors (Lipinski definition) is 3. The smallest absolute Gasteiger partial charge is 0.124 e. The first-order valence-corrected chi connectivity index (χ1v) is 5.52. The van der Waals surface area contributed by atoms with Crippen molar-refractivity contribution in [2.24, 2.45) is 0 Å². The number of rotatable bonds is 1. The van der Waals surface area contributed by atoms with E-state index in [1.807, 2.05) is 36.5 Å². The molecular weight excluding hydrogens is 224 g/mol. The standard InChI is InChI=1S/C14H10N4/c15-9-10-3-2-8-18(10)13-6-5-12-11(14(13)16)4-1-7-17-12/h1-8H,16H2. The van der Waals surface area contributed by atoms with Crippen LogP contribution in [0.4, 0.5) is 5.69 Å². The number of aromatic nitrogens is 2. The van der Waals surface area contributed by atoms with Gasteiger partial charge in [-0.05, 0) is 36.4 Å². The molecule has 2 N–H and O–H groups in total. The van der Waals surface area contributed by atoms with Gasteiger partial charge in [0, 0.05) is 17.8 Å². The quantitative estimate of drug-likeness (QED) is 0.658. The first-order valence-electron chi connectivity index (χ1n) is 5.52. The SMILES string of the molecule is N#Cc1cccn1-c1ccc2ncccc2c1N. The zero-order chi connectivity index (χ0) is 12.5. The van der Waals surface area contributed by atoms with E-state index in [1.165, 1.54) is 0 Å². The summed E-state index contributed by atoms with van der Waals surface area (Å²) in [5, 5.41) is 9.94. The van der Waals surface area contributed by atoms with Crippen LogP contribution in [0, 0.1) is 11.3 Å². The molecule has 86 valence electrons. The van der Waals surface area contributed by atoms with Gasteiger partial charge in [0.15, 0.2) is 0 Å². The van der Waals surface area contributed by atoms with Gasteiger partial charge in [0.2, 0.25) is 0 Å². The lowest BCUT2D eigenvalue weighted by atomic mass is 10.1. The van der Waals surface area contributed by atoms with Crippen molar-refractivity contribution in [3.63, 3.8) is 0 Å². The van der Waals surface area contributed by atoms with Gasteiger partial charge in [0.25, 0.3) is 0 Å². The van der Waals surface area contributed by atoms with Crippen molar-refractivity contribution in [2.45, 2.75) is 0 Å². The topological polar surface area (TPSA) is 67.6 Å². The van der Waals surface area contributed by atoms with Crippen molar-refractivity contribution in [3.05, 3.63) is 54.5 Å². The van der Waals surface area contributed by atoms with Gasteiger partial charge in [0.1, 0.15) is 11.8 Å². The predicted octanol–water partition coefficient (Wildman–Crippen LogP) is 2.48. The zero-order valence-corrected chi connectivity index (χ0v) is 9.54. The molecule has 4 nitrogen and oxygen atoms in total. The highest BCUT2D eigenvalue weighted by Gasteiger charge is 2.09. The van der Waals surface area contributed by atoms with Crippen LogP contribution in [0.25, 0.3) is 16.6 Å². The Hall–Kier alpha value is -2.80. The molecule has 2 heterocycles. The maximum atomic E-state index is 9.05. The Morgan fingerprint density at radius 1 is 1.17 bits per heavy atom. The number of nitrogens with zero attached hydrogens (tertiary/aromatic N) is 3. The Bertz CT molecular complexity index is 765. The molecule has 0 saturated heterocycles. The molecule has 0 aliphatic carbocycles. The Morgan fingerprint density at radius 3 is 2.89 bits per heavy atom. The molecule has 0 aliphatic rings. The lowest BCUT2D eigenvalue weighted by Gasteiger charge is -2.10. The second-order valence-electron chi connectivity index (χ2n) is 3.94. The molecule has 2 aromatic heterocycles. The first-order chi connectivity index (χ1) is 8.81. The van der Waals surface area contributed by atoms with Crippen LogP contribution in [0.2, 0.25) is 0 Å². The summed E-state index contributed by atoms with van der Waals surface area (Å²) in [5.74, 6) is 0. The fraction of sp³-hybridized carbons (Fsp3) is 0. The summed E-state index contributed by atoms with van der Waals surface area (Å²) in [6.45, 7) is 0. The zero-order valence-electron chi connectivity index (χ0n) is 9.54. The predicted molar refractivity (Wildman–Crippen MR) is 70.2 cm³/mol. The normalized spacial score (nSPS) is 10.4. The monoisotopic (exact) mass is 234 g/mol. The average molecular weight is 234 g/mol. The highest BCUT2D eigenvalue weighted by Crippen LogP contribution is 2.27. The largest absolute Gasteiger partial charge is 0.396 e. The second-order valence-corrected chi connectivity index (χ2v) is 3.94. The summed E-state index contributed by atoms with van der Waals surface area (Å²) in [6, 6.07) is 13.3. The van der Waals surface area contributed by atoms with E-state index >= 15 is 0 Å². The van der Waals surface area contributed by atoms with Crippen LogP contribution in [0.15, 0.2) is 48.8 Å². The maximum absolute atomic E-state index is 9.05. The number of fused-ring (bicyclic) bond motifs is 1. The van der Waals surface area contributed by atoms with Crippen LogP contribution in [0.3, 0.4) is 0 Å². The average Bonchev–Trinajstić information content (AvgIpc) is 2.88. The molecule has 4 heteroatoms. The fourth-order valence-electron chi connectivity index (χ4n) is 2.06. The van der Waals surface area contributed by atoms with Gasteiger partial charge in [0.05, 0.1) is 16.9 Å². The lowest BCUT2D eigenvalue weighted by molar-refractivity contribution is 1.06. The molecule has 0 amide bonds. The van der Waals surface area contributed by atoms with E-state index in [-0.39, 0.29) is 0 Å². The first kappa shape index (κ1) is 10.4. The van der Waals surface area contributed by atoms with E-state index in [0.29, 0.717) is 11.4 Å². The molecule has 0 radical (unpaired) electrons. The van der Waals surface area contributed by atoms with E-state index in [0.717, 1.165) is 16.6 Å². The van der Waals surface area contributed by atoms with Crippen molar-refractivity contribution in [1.29, 1.82) is 5.26 Å². The van der Waals surface area contributed by atoms with E-state index in [4.69, 9.17) is 11.0 Å². The summed E-state index contributed by atoms with van der Waals surface area (Å²) in [6.07, 6.45) is 3.56. The van der Waals surface area contributed by atoms with Gasteiger partial charge in [-0.2, -0.15) is 5.26 Å². The van der Waals surface area contributed by atoms with Gasteiger partial charge in [-0.15, -0.1) is 0 Å². The molecule has 3 aromatic rings. The molecule has 0 atom stereocenters. The Balaban J connectivity index is 2.32. The van der Waals surface area contributed by atoms with Crippen LogP contribution in [-0.4, -0.2) is 9.55 Å². The van der Waals surface area contributed by atoms with E-state index in [9.17, 15) is 0 Å². The summed E-state index contributed by atoms with van der Waals surface area (Å²) in [7, 11) is 0. The number of anilines is 1. The van der Waals surface area contributed by atoms with Crippen LogP contribution >= 0.6 is 0 Å². The molecule has 1 aromatic carbocycles. The van der Waals surface area contributed by atoms with Gasteiger partial charge in [-0.25, -0.2) is 0 Å². The van der Waals surface area contributed by atoms with Crippen molar-refractivity contribution in [2.75, 3.05) is 5.73 Å². The van der Waals surface area contributed by atoms with Gasteiger partial charge in [-0.1, -0.05) is 0 Å². The lowest BCUT2D eigenvalue weighted by Crippen LogP contribution is -2.01. The Labute approximate surface area is 104 Å². The molecule has 3 rings (SSSR count). The maximum Gasteiger partial charge on any atom is 0.124 e. The highest BCUT2D eigenvalue weighted by molar-refractivity contribution is 5.94. The minimum absolute atomic E-state index is 0.560. The third-order valence-electron chi connectivity index (χ3n) is 2.93. The number of nitrogens with two attached hydrogens (primary N) is 1. The van der Waals surface area contributed by atoms with E-state index in [1.54, 1.807) is 16.8 Å². The van der Waals surface area contributed by atoms with Crippen molar-refractivity contribution >= 4 is 16.6 Å². The van der Waals surface area contributed by atoms with Crippen LogP contribution < -0.4 is 5.73 Å².